The second kappa shape index (κ2) is 6.34. The Bertz CT molecular complexity index is 336. The Hall–Kier alpha value is -1.63. The van der Waals surface area contributed by atoms with Crippen molar-refractivity contribution in [2.75, 3.05) is 13.6 Å². The van der Waals surface area contributed by atoms with Crippen molar-refractivity contribution in [1.29, 1.82) is 0 Å². The van der Waals surface area contributed by atoms with Crippen LogP contribution in [0.15, 0.2) is 0 Å². The summed E-state index contributed by atoms with van der Waals surface area (Å²) in [7, 11) is 1.45. The number of hydrogen-bond acceptors (Lipinski definition) is 4. The highest BCUT2D eigenvalue weighted by Crippen LogP contribution is 1.99. The van der Waals surface area contributed by atoms with Crippen molar-refractivity contribution in [3.63, 3.8) is 0 Å². The molecule has 1 atom stereocenters. The van der Waals surface area contributed by atoms with Crippen molar-refractivity contribution in [2.24, 2.45) is 11.5 Å². The molecular weight excluding hydrogens is 236 g/mol. The average Bonchev–Trinajstić information content (AvgIpc) is 2.11. The van der Waals surface area contributed by atoms with E-state index < -0.39 is 17.9 Å². The first kappa shape index (κ1) is 16.4. The number of amides is 3. The van der Waals surface area contributed by atoms with Gasteiger partial charge in [0.15, 0.2) is 0 Å². The zero-order valence-corrected chi connectivity index (χ0v) is 11.3. The lowest BCUT2D eigenvalue weighted by Crippen LogP contribution is -2.50. The Kier molecular flexibility index (Phi) is 5.77. The fraction of sp³-hybridized carbons (Fsp3) is 0.727. The zero-order chi connectivity index (χ0) is 14.5. The number of carbonyl (C=O) groups is 3. The van der Waals surface area contributed by atoms with Gasteiger partial charge in [-0.15, -0.1) is 0 Å². The predicted molar refractivity (Wildman–Crippen MR) is 67.3 cm³/mol. The van der Waals surface area contributed by atoms with Gasteiger partial charge in [-0.1, -0.05) is 0 Å². The highest BCUT2D eigenvalue weighted by Gasteiger charge is 2.22. The molecule has 0 aromatic heterocycles. The maximum atomic E-state index is 11.7. The van der Waals surface area contributed by atoms with E-state index in [9.17, 15) is 14.4 Å². The molecule has 0 aromatic rings. The van der Waals surface area contributed by atoms with Crippen molar-refractivity contribution in [2.45, 2.75) is 38.8 Å². The van der Waals surface area contributed by atoms with Crippen LogP contribution in [-0.4, -0.2) is 47.8 Å². The minimum absolute atomic E-state index is 0.109. The molecule has 0 aromatic carbocycles. The Balaban J connectivity index is 4.32. The Morgan fingerprint density at radius 2 is 1.78 bits per heavy atom. The summed E-state index contributed by atoms with van der Waals surface area (Å²) in [5.74, 6) is -1.43. The van der Waals surface area contributed by atoms with E-state index in [1.807, 2.05) is 20.8 Å². The van der Waals surface area contributed by atoms with E-state index in [2.05, 4.69) is 5.32 Å². The van der Waals surface area contributed by atoms with Crippen LogP contribution >= 0.6 is 0 Å². The normalized spacial score (nSPS) is 12.7. The van der Waals surface area contributed by atoms with Crippen molar-refractivity contribution in [3.05, 3.63) is 0 Å². The van der Waals surface area contributed by atoms with Crippen LogP contribution in [0.25, 0.3) is 0 Å². The molecule has 18 heavy (non-hydrogen) atoms. The maximum Gasteiger partial charge on any atom is 0.240 e. The number of nitrogens with one attached hydrogen (secondary N) is 1. The van der Waals surface area contributed by atoms with E-state index in [0.29, 0.717) is 0 Å². The number of carbonyl (C=O) groups excluding carboxylic acids is 3. The van der Waals surface area contributed by atoms with Crippen LogP contribution in [0.1, 0.15) is 27.2 Å². The number of primary amides is 1. The molecule has 0 radical (unpaired) electrons. The van der Waals surface area contributed by atoms with E-state index in [4.69, 9.17) is 11.5 Å². The maximum absolute atomic E-state index is 11.7. The van der Waals surface area contributed by atoms with E-state index in [0.717, 1.165) is 0 Å². The Labute approximate surface area is 107 Å². The molecule has 0 aliphatic heterocycles. The fourth-order valence-electron chi connectivity index (χ4n) is 1.34. The molecule has 0 saturated heterocycles. The highest BCUT2D eigenvalue weighted by atomic mass is 16.2. The summed E-state index contributed by atoms with van der Waals surface area (Å²) < 4.78 is 0. The molecule has 0 fully saturated rings. The lowest BCUT2D eigenvalue weighted by molar-refractivity contribution is -0.137. The van der Waals surface area contributed by atoms with Crippen LogP contribution in [0.3, 0.4) is 0 Å². The summed E-state index contributed by atoms with van der Waals surface area (Å²) in [5, 5.41) is 2.72. The van der Waals surface area contributed by atoms with Crippen LogP contribution in [0.2, 0.25) is 0 Å². The number of nitrogens with zero attached hydrogens (tertiary/aromatic N) is 1. The molecule has 0 bridgehead atoms. The number of hydrogen-bond donors (Lipinski definition) is 3. The van der Waals surface area contributed by atoms with Crippen LogP contribution < -0.4 is 16.8 Å². The lowest BCUT2D eigenvalue weighted by Gasteiger charge is -2.24. The average molecular weight is 258 g/mol. The predicted octanol–water partition coefficient (Wildman–Crippen LogP) is -1.44. The Morgan fingerprint density at radius 1 is 1.28 bits per heavy atom. The fourth-order valence-corrected chi connectivity index (χ4v) is 1.34. The quantitative estimate of drug-likeness (QED) is 0.559. The topological polar surface area (TPSA) is 119 Å². The summed E-state index contributed by atoms with van der Waals surface area (Å²) in [6, 6.07) is -1.00. The first-order valence-electron chi connectivity index (χ1n) is 5.63. The van der Waals surface area contributed by atoms with Gasteiger partial charge in [0.1, 0.15) is 0 Å². The Morgan fingerprint density at radius 3 is 2.17 bits per heavy atom. The molecular formula is C11H22N4O3. The SMILES string of the molecule is CN(CC(=O)NC(C)(C)C)C(=O)C(N)CC(N)=O. The van der Waals surface area contributed by atoms with Gasteiger partial charge in [-0.2, -0.15) is 0 Å². The molecule has 0 spiro atoms. The highest BCUT2D eigenvalue weighted by molar-refractivity contribution is 5.90. The van der Waals surface area contributed by atoms with Crippen molar-refractivity contribution in [1.82, 2.24) is 10.2 Å². The van der Waals surface area contributed by atoms with Gasteiger partial charge in [0.05, 0.1) is 19.0 Å². The van der Waals surface area contributed by atoms with E-state index in [1.54, 1.807) is 0 Å². The first-order chi connectivity index (χ1) is 8.03. The van der Waals surface area contributed by atoms with E-state index in [1.165, 1.54) is 11.9 Å². The summed E-state index contributed by atoms with van der Waals surface area (Å²) in [6.07, 6.45) is -0.232. The third-order valence-corrected chi connectivity index (χ3v) is 2.01. The molecule has 0 aliphatic carbocycles. The van der Waals surface area contributed by atoms with Gasteiger partial charge in [0.2, 0.25) is 17.7 Å². The van der Waals surface area contributed by atoms with Crippen LogP contribution in [-0.2, 0) is 14.4 Å². The van der Waals surface area contributed by atoms with Crippen molar-refractivity contribution in [3.8, 4) is 0 Å². The summed E-state index contributed by atoms with van der Waals surface area (Å²) >= 11 is 0. The molecule has 0 aliphatic rings. The second-order valence-electron chi connectivity index (χ2n) is 5.27. The first-order valence-corrected chi connectivity index (χ1v) is 5.63. The van der Waals surface area contributed by atoms with Crippen LogP contribution in [0.5, 0.6) is 0 Å². The molecule has 5 N–H and O–H groups in total. The molecule has 0 heterocycles. The summed E-state index contributed by atoms with van der Waals surface area (Å²) in [6.45, 7) is 5.41. The molecule has 104 valence electrons. The smallest absolute Gasteiger partial charge is 0.240 e. The molecule has 0 rings (SSSR count). The van der Waals surface area contributed by atoms with Gasteiger partial charge in [-0.05, 0) is 20.8 Å². The van der Waals surface area contributed by atoms with E-state index in [-0.39, 0.29) is 24.4 Å². The number of likely N-dealkylation sites (N-methyl/N-ethyl adjacent to an activating group) is 1. The van der Waals surface area contributed by atoms with E-state index >= 15 is 0 Å². The third kappa shape index (κ3) is 6.85. The summed E-state index contributed by atoms with van der Waals surface area (Å²) in [5.41, 5.74) is 10.1. The lowest BCUT2D eigenvalue weighted by atomic mass is 10.1. The minimum Gasteiger partial charge on any atom is -0.370 e. The molecule has 7 heteroatoms. The number of rotatable bonds is 5. The van der Waals surface area contributed by atoms with Gasteiger partial charge >= 0.3 is 0 Å². The largest absolute Gasteiger partial charge is 0.370 e. The van der Waals surface area contributed by atoms with Crippen molar-refractivity contribution >= 4 is 17.7 Å². The van der Waals surface area contributed by atoms with Crippen molar-refractivity contribution < 1.29 is 14.4 Å². The zero-order valence-electron chi connectivity index (χ0n) is 11.3. The molecule has 0 saturated carbocycles. The van der Waals surface area contributed by atoms with Gasteiger partial charge in [-0.3, -0.25) is 14.4 Å². The molecule has 7 nitrogen and oxygen atoms in total. The molecule has 3 amide bonds. The standard InChI is InChI=1S/C11H22N4O3/c1-11(2,3)14-9(17)6-15(4)10(18)7(12)5-8(13)16/h7H,5-6,12H2,1-4H3,(H2,13,16)(H,14,17). The van der Waals surface area contributed by atoms with Crippen LogP contribution in [0, 0.1) is 0 Å². The van der Waals surface area contributed by atoms with Gasteiger partial charge in [-0.25, -0.2) is 0 Å². The van der Waals surface area contributed by atoms with Gasteiger partial charge in [0.25, 0.3) is 0 Å². The third-order valence-electron chi connectivity index (χ3n) is 2.01. The minimum atomic E-state index is -1.00. The van der Waals surface area contributed by atoms with Crippen LogP contribution in [0.4, 0.5) is 0 Å². The number of nitrogens with two attached hydrogens (primary N) is 2. The molecule has 1 unspecified atom stereocenters. The second-order valence-corrected chi connectivity index (χ2v) is 5.27. The van der Waals surface area contributed by atoms with Gasteiger partial charge in [0, 0.05) is 12.6 Å². The van der Waals surface area contributed by atoms with Gasteiger partial charge < -0.3 is 21.7 Å². The monoisotopic (exact) mass is 258 g/mol. The summed E-state index contributed by atoms with van der Waals surface area (Å²) in [4.78, 5) is 35.1.